The van der Waals surface area contributed by atoms with Gasteiger partial charge in [0.1, 0.15) is 0 Å². The zero-order chi connectivity index (χ0) is 9.42. The van der Waals surface area contributed by atoms with E-state index >= 15 is 0 Å². The van der Waals surface area contributed by atoms with Crippen LogP contribution in [0.4, 0.5) is 0 Å². The van der Waals surface area contributed by atoms with Crippen molar-refractivity contribution in [3.05, 3.63) is 30.1 Å². The van der Waals surface area contributed by atoms with Crippen LogP contribution in [0.25, 0.3) is 11.0 Å². The second-order valence-corrected chi connectivity index (χ2v) is 3.28. The van der Waals surface area contributed by atoms with E-state index in [9.17, 15) is 5.11 Å². The number of hydrogen-bond donors (Lipinski definition) is 1. The van der Waals surface area contributed by atoms with Crippen molar-refractivity contribution >= 4 is 11.0 Å². The first-order valence-electron chi connectivity index (χ1n) is 4.27. The fourth-order valence-electron chi connectivity index (χ4n) is 1.41. The van der Waals surface area contributed by atoms with E-state index in [-0.39, 0.29) is 0 Å². The summed E-state index contributed by atoms with van der Waals surface area (Å²) in [5.41, 5.74) is 2.93. The maximum Gasteiger partial charge on any atom is 0.0955 e. The van der Waals surface area contributed by atoms with Gasteiger partial charge in [-0.1, -0.05) is 6.07 Å². The van der Waals surface area contributed by atoms with Gasteiger partial charge >= 0.3 is 0 Å². The van der Waals surface area contributed by atoms with Crippen molar-refractivity contribution in [3.63, 3.8) is 0 Å². The van der Waals surface area contributed by atoms with Crippen molar-refractivity contribution < 1.29 is 5.11 Å². The highest BCUT2D eigenvalue weighted by Gasteiger charge is 2.04. The normalized spacial score (nSPS) is 13.5. The number of hydrogen-bond acceptors (Lipinski definition) is 2. The van der Waals surface area contributed by atoms with Gasteiger partial charge in [0, 0.05) is 7.05 Å². The maximum absolute atomic E-state index is 9.36. The molecule has 1 aromatic carbocycles. The topological polar surface area (TPSA) is 38.1 Å². The zero-order valence-electron chi connectivity index (χ0n) is 7.73. The Kier molecular flexibility index (Phi) is 1.81. The summed E-state index contributed by atoms with van der Waals surface area (Å²) in [5.74, 6) is 0. The molecule has 13 heavy (non-hydrogen) atoms. The molecule has 0 spiro atoms. The minimum absolute atomic E-state index is 0.425. The first-order chi connectivity index (χ1) is 6.18. The number of aryl methyl sites for hydroxylation is 1. The smallest absolute Gasteiger partial charge is 0.0955 e. The van der Waals surface area contributed by atoms with Crippen molar-refractivity contribution in [2.75, 3.05) is 0 Å². The first-order valence-corrected chi connectivity index (χ1v) is 4.27. The van der Waals surface area contributed by atoms with Gasteiger partial charge in [-0.05, 0) is 24.6 Å². The van der Waals surface area contributed by atoms with Crippen LogP contribution >= 0.6 is 0 Å². The van der Waals surface area contributed by atoms with Gasteiger partial charge in [0.05, 0.1) is 23.5 Å². The molecule has 0 aliphatic rings. The van der Waals surface area contributed by atoms with Crippen LogP contribution in [-0.4, -0.2) is 14.7 Å². The number of aliphatic hydroxyl groups excluding tert-OH is 1. The van der Waals surface area contributed by atoms with Gasteiger partial charge in [-0.2, -0.15) is 0 Å². The van der Waals surface area contributed by atoms with Crippen LogP contribution in [0, 0.1) is 0 Å². The molecule has 68 valence electrons. The van der Waals surface area contributed by atoms with Gasteiger partial charge in [-0.25, -0.2) is 4.98 Å². The van der Waals surface area contributed by atoms with Crippen LogP contribution in [0.5, 0.6) is 0 Å². The van der Waals surface area contributed by atoms with Crippen LogP contribution in [0.3, 0.4) is 0 Å². The van der Waals surface area contributed by atoms with E-state index in [0.29, 0.717) is 0 Å². The van der Waals surface area contributed by atoms with Crippen LogP contribution in [0.2, 0.25) is 0 Å². The fraction of sp³-hybridized carbons (Fsp3) is 0.300. The number of rotatable bonds is 1. The molecule has 0 saturated heterocycles. The Morgan fingerprint density at radius 3 is 2.92 bits per heavy atom. The quantitative estimate of drug-likeness (QED) is 0.717. The van der Waals surface area contributed by atoms with E-state index in [1.165, 1.54) is 0 Å². The Hall–Kier alpha value is -1.35. The van der Waals surface area contributed by atoms with E-state index in [4.69, 9.17) is 0 Å². The number of nitrogens with zero attached hydrogens (tertiary/aromatic N) is 2. The van der Waals surface area contributed by atoms with Crippen molar-refractivity contribution in [1.82, 2.24) is 9.55 Å². The van der Waals surface area contributed by atoms with Crippen LogP contribution in [0.1, 0.15) is 18.6 Å². The molecule has 0 bridgehead atoms. The lowest BCUT2D eigenvalue weighted by Gasteiger charge is -2.03. The predicted octanol–water partition coefficient (Wildman–Crippen LogP) is 1.63. The van der Waals surface area contributed by atoms with Gasteiger partial charge in [-0.3, -0.25) is 0 Å². The molecular formula is C10H12N2O. The molecule has 3 heteroatoms. The Morgan fingerprint density at radius 1 is 1.46 bits per heavy atom. The lowest BCUT2D eigenvalue weighted by atomic mass is 10.1. The molecule has 0 fully saturated rings. The van der Waals surface area contributed by atoms with E-state index in [0.717, 1.165) is 16.6 Å². The van der Waals surface area contributed by atoms with Gasteiger partial charge < -0.3 is 9.67 Å². The third-order valence-corrected chi connectivity index (χ3v) is 2.23. The standard InChI is InChI=1S/C10H12N2O/c1-7(13)8-3-4-10-9(5-8)11-6-12(10)2/h3-7,13H,1-2H3. The summed E-state index contributed by atoms with van der Waals surface area (Å²) in [6.45, 7) is 1.75. The second kappa shape index (κ2) is 2.85. The Labute approximate surface area is 76.6 Å². The average Bonchev–Trinajstić information content (AvgIpc) is 2.47. The lowest BCUT2D eigenvalue weighted by Crippen LogP contribution is -1.90. The minimum Gasteiger partial charge on any atom is -0.389 e. The SMILES string of the molecule is CC(O)c1ccc2c(c1)ncn2C. The predicted molar refractivity (Wildman–Crippen MR) is 51.3 cm³/mol. The number of aliphatic hydroxyl groups is 1. The Balaban J connectivity index is 2.63. The van der Waals surface area contributed by atoms with Gasteiger partial charge in [-0.15, -0.1) is 0 Å². The summed E-state index contributed by atoms with van der Waals surface area (Å²) in [6, 6.07) is 5.82. The molecule has 1 aromatic heterocycles. The third kappa shape index (κ3) is 1.31. The minimum atomic E-state index is -0.425. The largest absolute Gasteiger partial charge is 0.389 e. The highest BCUT2D eigenvalue weighted by molar-refractivity contribution is 5.76. The Morgan fingerprint density at radius 2 is 2.23 bits per heavy atom. The van der Waals surface area contributed by atoms with Crippen molar-refractivity contribution in [1.29, 1.82) is 0 Å². The molecule has 1 unspecified atom stereocenters. The molecule has 0 aliphatic carbocycles. The molecule has 3 nitrogen and oxygen atoms in total. The summed E-state index contributed by atoms with van der Waals surface area (Å²) < 4.78 is 1.96. The number of benzene rings is 1. The highest BCUT2D eigenvalue weighted by atomic mass is 16.3. The zero-order valence-corrected chi connectivity index (χ0v) is 7.73. The summed E-state index contributed by atoms with van der Waals surface area (Å²) in [7, 11) is 1.96. The second-order valence-electron chi connectivity index (χ2n) is 3.28. The van der Waals surface area contributed by atoms with E-state index in [2.05, 4.69) is 4.98 Å². The van der Waals surface area contributed by atoms with Crippen molar-refractivity contribution in [3.8, 4) is 0 Å². The van der Waals surface area contributed by atoms with Crippen LogP contribution in [-0.2, 0) is 7.05 Å². The summed E-state index contributed by atoms with van der Waals surface area (Å²) >= 11 is 0. The number of imidazole rings is 1. The van der Waals surface area contributed by atoms with Crippen LogP contribution < -0.4 is 0 Å². The first kappa shape index (κ1) is 8.26. The number of fused-ring (bicyclic) bond motifs is 1. The maximum atomic E-state index is 9.36. The van der Waals surface area contributed by atoms with Gasteiger partial charge in [0.15, 0.2) is 0 Å². The molecule has 1 atom stereocenters. The van der Waals surface area contributed by atoms with Crippen molar-refractivity contribution in [2.45, 2.75) is 13.0 Å². The molecule has 2 rings (SSSR count). The average molecular weight is 176 g/mol. The Bertz CT molecular complexity index is 431. The summed E-state index contributed by atoms with van der Waals surface area (Å²) in [6.07, 6.45) is 1.35. The van der Waals surface area contributed by atoms with Gasteiger partial charge in [0.25, 0.3) is 0 Å². The van der Waals surface area contributed by atoms with E-state index in [1.807, 2.05) is 29.8 Å². The molecular weight excluding hydrogens is 164 g/mol. The van der Waals surface area contributed by atoms with Crippen LogP contribution in [0.15, 0.2) is 24.5 Å². The molecule has 1 N–H and O–H groups in total. The van der Waals surface area contributed by atoms with Gasteiger partial charge in [0.2, 0.25) is 0 Å². The molecule has 1 heterocycles. The summed E-state index contributed by atoms with van der Waals surface area (Å²) in [5, 5.41) is 9.36. The molecule has 0 amide bonds. The highest BCUT2D eigenvalue weighted by Crippen LogP contribution is 2.18. The lowest BCUT2D eigenvalue weighted by molar-refractivity contribution is 0.199. The molecule has 0 radical (unpaired) electrons. The number of aromatic nitrogens is 2. The third-order valence-electron chi connectivity index (χ3n) is 2.23. The fourth-order valence-corrected chi connectivity index (χ4v) is 1.41. The van der Waals surface area contributed by atoms with E-state index in [1.54, 1.807) is 13.3 Å². The monoisotopic (exact) mass is 176 g/mol. The molecule has 0 aliphatic heterocycles. The summed E-state index contributed by atoms with van der Waals surface area (Å²) in [4.78, 5) is 4.21. The molecule has 0 saturated carbocycles. The van der Waals surface area contributed by atoms with E-state index < -0.39 is 6.10 Å². The van der Waals surface area contributed by atoms with Crippen molar-refractivity contribution in [2.24, 2.45) is 7.05 Å². The molecule has 2 aromatic rings.